The zero-order chi connectivity index (χ0) is 10.8. The van der Waals surface area contributed by atoms with E-state index in [1.54, 1.807) is 11.3 Å². The molecule has 0 spiro atoms. The molecule has 0 aliphatic heterocycles. The lowest BCUT2D eigenvalue weighted by Crippen LogP contribution is -1.86. The molecule has 1 heterocycles. The van der Waals surface area contributed by atoms with E-state index < -0.39 is 0 Å². The number of para-hydroxylation sites is 2. The molecular weight excluding hydrogens is 218 g/mol. The highest BCUT2D eigenvalue weighted by Gasteiger charge is 1.98. The van der Waals surface area contributed by atoms with Crippen molar-refractivity contribution in [3.8, 4) is 0 Å². The molecular formula is C13H9NOS. The van der Waals surface area contributed by atoms with Crippen molar-refractivity contribution in [2.24, 2.45) is 4.99 Å². The van der Waals surface area contributed by atoms with Crippen LogP contribution in [0, 0.1) is 0 Å². The molecule has 0 radical (unpaired) electrons. The van der Waals surface area contributed by atoms with Crippen LogP contribution in [0.5, 0.6) is 0 Å². The van der Waals surface area contributed by atoms with Gasteiger partial charge in [0, 0.05) is 0 Å². The molecule has 0 amide bonds. The van der Waals surface area contributed by atoms with E-state index in [1.165, 1.54) is 0 Å². The maximum absolute atomic E-state index is 5.62. The van der Waals surface area contributed by atoms with E-state index in [1.807, 2.05) is 54.6 Å². The minimum Gasteiger partial charge on any atom is -0.429 e. The van der Waals surface area contributed by atoms with Crippen LogP contribution < -0.4 is 4.87 Å². The molecule has 0 bridgehead atoms. The van der Waals surface area contributed by atoms with Crippen LogP contribution in [0.25, 0.3) is 10.3 Å². The van der Waals surface area contributed by atoms with Crippen molar-refractivity contribution in [2.75, 3.05) is 0 Å². The monoisotopic (exact) mass is 227 g/mol. The number of hydrogen-bond donors (Lipinski definition) is 0. The standard InChI is InChI=1S/C13H9NOS/c1-2-6-10(7-3-1)14-13-15-11-8-4-5-9-12(11)16-13/h1-9H. The highest BCUT2D eigenvalue weighted by Crippen LogP contribution is 2.17. The van der Waals surface area contributed by atoms with Crippen LogP contribution in [0.1, 0.15) is 0 Å². The summed E-state index contributed by atoms with van der Waals surface area (Å²) in [4.78, 5) is 5.12. The van der Waals surface area contributed by atoms with Crippen molar-refractivity contribution in [3.05, 3.63) is 59.5 Å². The Balaban J connectivity index is 2.16. The average Bonchev–Trinajstić information content (AvgIpc) is 2.72. The normalized spacial score (nSPS) is 12.1. The van der Waals surface area contributed by atoms with Gasteiger partial charge in [0.1, 0.15) is 5.58 Å². The molecule has 0 saturated heterocycles. The first-order valence-corrected chi connectivity index (χ1v) is 5.82. The topological polar surface area (TPSA) is 25.5 Å². The minimum atomic E-state index is 0.687. The maximum Gasteiger partial charge on any atom is 0.279 e. The van der Waals surface area contributed by atoms with Crippen LogP contribution in [-0.2, 0) is 0 Å². The van der Waals surface area contributed by atoms with E-state index >= 15 is 0 Å². The van der Waals surface area contributed by atoms with Gasteiger partial charge < -0.3 is 4.42 Å². The van der Waals surface area contributed by atoms with Crippen LogP contribution in [0.4, 0.5) is 5.69 Å². The Labute approximate surface area is 96.5 Å². The molecule has 3 rings (SSSR count). The van der Waals surface area contributed by atoms with E-state index in [9.17, 15) is 0 Å². The second-order valence-corrected chi connectivity index (χ2v) is 4.36. The Hall–Kier alpha value is -1.87. The molecule has 0 aliphatic carbocycles. The van der Waals surface area contributed by atoms with Gasteiger partial charge in [-0.05, 0) is 24.3 Å². The van der Waals surface area contributed by atoms with E-state index in [2.05, 4.69) is 4.99 Å². The molecule has 1 aromatic heterocycles. The molecule has 2 aromatic carbocycles. The summed E-state index contributed by atoms with van der Waals surface area (Å²) < 4.78 is 6.75. The number of fused-ring (bicyclic) bond motifs is 1. The van der Waals surface area contributed by atoms with Gasteiger partial charge in [-0.15, -0.1) is 0 Å². The molecule has 3 heteroatoms. The van der Waals surface area contributed by atoms with Crippen LogP contribution in [-0.4, -0.2) is 0 Å². The first kappa shape index (κ1) is 9.36. The highest BCUT2D eigenvalue weighted by molar-refractivity contribution is 7.16. The summed E-state index contributed by atoms with van der Waals surface area (Å²) in [7, 11) is 0. The van der Waals surface area contributed by atoms with Gasteiger partial charge in [-0.2, -0.15) is 0 Å². The maximum atomic E-state index is 5.62. The van der Waals surface area contributed by atoms with Gasteiger partial charge in [0.25, 0.3) is 4.87 Å². The van der Waals surface area contributed by atoms with Gasteiger partial charge in [0.05, 0.1) is 10.4 Å². The lowest BCUT2D eigenvalue weighted by Gasteiger charge is -1.86. The van der Waals surface area contributed by atoms with Gasteiger partial charge in [0.15, 0.2) is 0 Å². The smallest absolute Gasteiger partial charge is 0.279 e. The third-order valence-corrected chi connectivity index (χ3v) is 3.13. The lowest BCUT2D eigenvalue weighted by molar-refractivity contribution is 0.570. The van der Waals surface area contributed by atoms with Crippen molar-refractivity contribution in [3.63, 3.8) is 0 Å². The Morgan fingerprint density at radius 1 is 0.875 bits per heavy atom. The molecule has 0 fully saturated rings. The summed E-state index contributed by atoms with van der Waals surface area (Å²) in [6.07, 6.45) is 0. The van der Waals surface area contributed by atoms with Gasteiger partial charge in [-0.25, -0.2) is 4.99 Å². The van der Waals surface area contributed by atoms with E-state index in [-0.39, 0.29) is 0 Å². The van der Waals surface area contributed by atoms with Crippen molar-refractivity contribution in [1.29, 1.82) is 0 Å². The van der Waals surface area contributed by atoms with E-state index in [0.29, 0.717) is 4.87 Å². The van der Waals surface area contributed by atoms with Crippen LogP contribution in [0.2, 0.25) is 0 Å². The van der Waals surface area contributed by atoms with Crippen LogP contribution in [0.3, 0.4) is 0 Å². The number of benzene rings is 2. The predicted molar refractivity (Wildman–Crippen MR) is 65.8 cm³/mol. The second kappa shape index (κ2) is 3.94. The van der Waals surface area contributed by atoms with Crippen molar-refractivity contribution in [1.82, 2.24) is 0 Å². The zero-order valence-corrected chi connectivity index (χ0v) is 9.28. The SMILES string of the molecule is c1ccc(N=c2oc3ccccc3s2)cc1. The summed E-state index contributed by atoms with van der Waals surface area (Å²) in [6, 6.07) is 17.8. The van der Waals surface area contributed by atoms with Gasteiger partial charge in [-0.1, -0.05) is 41.7 Å². The van der Waals surface area contributed by atoms with E-state index in [4.69, 9.17) is 4.42 Å². The molecule has 16 heavy (non-hydrogen) atoms. The minimum absolute atomic E-state index is 0.687. The predicted octanol–water partition coefficient (Wildman–Crippen LogP) is 3.73. The summed E-state index contributed by atoms with van der Waals surface area (Å²) >= 11 is 1.56. The van der Waals surface area contributed by atoms with Crippen molar-refractivity contribution in [2.45, 2.75) is 0 Å². The first-order valence-electron chi connectivity index (χ1n) is 5.00. The Morgan fingerprint density at radius 2 is 1.62 bits per heavy atom. The quantitative estimate of drug-likeness (QED) is 0.622. The third kappa shape index (κ3) is 1.77. The lowest BCUT2D eigenvalue weighted by atomic mass is 10.3. The second-order valence-electron chi connectivity index (χ2n) is 3.36. The highest BCUT2D eigenvalue weighted by atomic mass is 32.1. The first-order chi connectivity index (χ1) is 7.92. The molecule has 0 N–H and O–H groups in total. The Bertz CT molecular complexity index is 631. The summed E-state index contributed by atoms with van der Waals surface area (Å²) in [6.45, 7) is 0. The number of nitrogens with zero attached hydrogens (tertiary/aromatic N) is 1. The zero-order valence-electron chi connectivity index (χ0n) is 8.46. The van der Waals surface area contributed by atoms with Crippen molar-refractivity contribution < 1.29 is 4.42 Å². The van der Waals surface area contributed by atoms with Crippen molar-refractivity contribution >= 4 is 27.3 Å². The average molecular weight is 227 g/mol. The molecule has 0 unspecified atom stereocenters. The van der Waals surface area contributed by atoms with Crippen LogP contribution >= 0.6 is 11.3 Å². The Kier molecular flexibility index (Phi) is 2.31. The molecule has 0 atom stereocenters. The molecule has 3 aromatic rings. The van der Waals surface area contributed by atoms with Gasteiger partial charge in [0.2, 0.25) is 0 Å². The molecule has 0 saturated carbocycles. The Morgan fingerprint density at radius 3 is 2.44 bits per heavy atom. The van der Waals surface area contributed by atoms with Gasteiger partial charge in [-0.3, -0.25) is 0 Å². The largest absolute Gasteiger partial charge is 0.429 e. The fraction of sp³-hybridized carbons (Fsp3) is 0. The number of hydrogen-bond acceptors (Lipinski definition) is 3. The van der Waals surface area contributed by atoms with Crippen LogP contribution in [0.15, 0.2) is 64.0 Å². The molecule has 78 valence electrons. The molecule has 2 nitrogen and oxygen atoms in total. The fourth-order valence-corrected chi connectivity index (χ4v) is 2.31. The molecule has 0 aliphatic rings. The van der Waals surface area contributed by atoms with E-state index in [0.717, 1.165) is 16.0 Å². The summed E-state index contributed by atoms with van der Waals surface area (Å²) in [5, 5.41) is 0. The fourth-order valence-electron chi connectivity index (χ4n) is 1.48. The van der Waals surface area contributed by atoms with Gasteiger partial charge >= 0.3 is 0 Å². The summed E-state index contributed by atoms with van der Waals surface area (Å²) in [5.41, 5.74) is 1.81. The number of rotatable bonds is 1. The summed E-state index contributed by atoms with van der Waals surface area (Å²) in [5.74, 6) is 0. The third-order valence-electron chi connectivity index (χ3n) is 2.22.